The predicted molar refractivity (Wildman–Crippen MR) is 103 cm³/mol. The van der Waals surface area contributed by atoms with Gasteiger partial charge in [-0.25, -0.2) is 9.78 Å². The van der Waals surface area contributed by atoms with Gasteiger partial charge in [-0.15, -0.1) is 0 Å². The molecule has 28 heavy (non-hydrogen) atoms. The minimum atomic E-state index is -4.81. The molecule has 1 heterocycles. The van der Waals surface area contributed by atoms with Crippen molar-refractivity contribution in [3.8, 4) is 0 Å². The van der Waals surface area contributed by atoms with Crippen molar-refractivity contribution in [2.24, 2.45) is 11.7 Å². The maximum Gasteiger partial charge on any atom is 0.435 e. The summed E-state index contributed by atoms with van der Waals surface area (Å²) < 4.78 is 40.1. The molecule has 2 N–H and O–H groups in total. The van der Waals surface area contributed by atoms with E-state index in [-0.39, 0.29) is 24.2 Å². The van der Waals surface area contributed by atoms with Crippen LogP contribution in [-0.2, 0) is 12.6 Å². The highest BCUT2D eigenvalue weighted by Crippen LogP contribution is 2.38. The Morgan fingerprint density at radius 1 is 1.21 bits per heavy atom. The summed E-state index contributed by atoms with van der Waals surface area (Å²) >= 11 is 5.94. The first kappa shape index (κ1) is 21.7. The van der Waals surface area contributed by atoms with Crippen LogP contribution in [0.25, 0.3) is 0 Å². The Hall–Kier alpha value is -2.55. The summed E-state index contributed by atoms with van der Waals surface area (Å²) in [4.78, 5) is 21.8. The van der Waals surface area contributed by atoms with E-state index >= 15 is 0 Å². The van der Waals surface area contributed by atoms with Gasteiger partial charge in [0, 0.05) is 20.6 Å². The van der Waals surface area contributed by atoms with Crippen molar-refractivity contribution in [2.75, 3.05) is 30.4 Å². The Morgan fingerprint density at radius 2 is 1.82 bits per heavy atom. The normalized spacial score (nSPS) is 12.5. The molecule has 1 unspecified atom stereocenters. The van der Waals surface area contributed by atoms with Crippen molar-refractivity contribution >= 4 is 29.4 Å². The number of urea groups is 1. The van der Waals surface area contributed by atoms with Gasteiger partial charge in [-0.2, -0.15) is 18.2 Å². The minimum Gasteiger partial charge on any atom is -0.351 e. The molecule has 152 valence electrons. The Labute approximate surface area is 166 Å². The van der Waals surface area contributed by atoms with Crippen LogP contribution in [-0.4, -0.2) is 36.6 Å². The molecule has 0 bridgehead atoms. The molecule has 6 nitrogen and oxygen atoms in total. The lowest BCUT2D eigenvalue weighted by atomic mass is 10.0. The first-order valence-electron chi connectivity index (χ1n) is 8.43. The van der Waals surface area contributed by atoms with Gasteiger partial charge >= 0.3 is 12.2 Å². The number of amides is 2. The first-order chi connectivity index (χ1) is 13.0. The quantitative estimate of drug-likeness (QED) is 0.774. The Balaban J connectivity index is 2.42. The second-order valence-electron chi connectivity index (χ2n) is 6.65. The van der Waals surface area contributed by atoms with Gasteiger partial charge in [0.15, 0.2) is 11.5 Å². The number of aromatic nitrogens is 2. The molecule has 1 aromatic heterocycles. The van der Waals surface area contributed by atoms with Gasteiger partial charge in [-0.1, -0.05) is 48.9 Å². The molecule has 2 amide bonds. The SMILES string of the molecule is CC(Cc1ccccc1)CN(C(N)=O)c1nc(N(C)C)nc(C(F)(F)F)c1Cl. The van der Waals surface area contributed by atoms with Crippen LogP contribution in [0.15, 0.2) is 30.3 Å². The van der Waals surface area contributed by atoms with Crippen molar-refractivity contribution in [1.82, 2.24) is 9.97 Å². The zero-order valence-electron chi connectivity index (χ0n) is 15.7. The van der Waals surface area contributed by atoms with Crippen LogP contribution in [0.4, 0.5) is 29.7 Å². The van der Waals surface area contributed by atoms with E-state index in [1.807, 2.05) is 37.3 Å². The smallest absolute Gasteiger partial charge is 0.351 e. The second-order valence-corrected chi connectivity index (χ2v) is 7.02. The van der Waals surface area contributed by atoms with Gasteiger partial charge in [0.2, 0.25) is 5.95 Å². The van der Waals surface area contributed by atoms with E-state index in [1.165, 1.54) is 19.0 Å². The summed E-state index contributed by atoms with van der Waals surface area (Å²) in [5.41, 5.74) is 5.15. The zero-order valence-corrected chi connectivity index (χ0v) is 16.4. The summed E-state index contributed by atoms with van der Waals surface area (Å²) in [5, 5.41) is -0.760. The van der Waals surface area contributed by atoms with E-state index in [1.54, 1.807) is 0 Å². The van der Waals surface area contributed by atoms with Crippen molar-refractivity contribution in [3.05, 3.63) is 46.6 Å². The highest BCUT2D eigenvalue weighted by Gasteiger charge is 2.39. The number of nitrogens with two attached hydrogens (primary N) is 1. The molecule has 0 fully saturated rings. The van der Waals surface area contributed by atoms with Crippen LogP contribution in [0.3, 0.4) is 0 Å². The third-order valence-electron chi connectivity index (χ3n) is 3.93. The van der Waals surface area contributed by atoms with Gasteiger partial charge in [0.25, 0.3) is 0 Å². The number of carbonyl (C=O) groups excluding carboxylic acids is 1. The van der Waals surface area contributed by atoms with Crippen LogP contribution in [0.1, 0.15) is 18.2 Å². The van der Waals surface area contributed by atoms with E-state index in [0.717, 1.165) is 10.5 Å². The summed E-state index contributed by atoms with van der Waals surface area (Å²) in [6.45, 7) is 1.90. The number of hydrogen-bond acceptors (Lipinski definition) is 4. The van der Waals surface area contributed by atoms with Crippen LogP contribution >= 0.6 is 11.6 Å². The highest BCUT2D eigenvalue weighted by molar-refractivity contribution is 6.34. The third-order valence-corrected chi connectivity index (χ3v) is 4.28. The molecule has 1 atom stereocenters. The molecule has 0 aliphatic heterocycles. The number of primary amides is 1. The molecule has 2 rings (SSSR count). The van der Waals surface area contributed by atoms with Gasteiger partial charge < -0.3 is 10.6 Å². The van der Waals surface area contributed by atoms with Gasteiger partial charge in [-0.05, 0) is 17.9 Å². The fraction of sp³-hybridized carbons (Fsp3) is 0.389. The molecule has 10 heteroatoms. The number of rotatable bonds is 6. The lowest BCUT2D eigenvalue weighted by Gasteiger charge is -2.26. The summed E-state index contributed by atoms with van der Waals surface area (Å²) in [5.74, 6) is -0.702. The van der Waals surface area contributed by atoms with Crippen LogP contribution in [0.2, 0.25) is 5.02 Å². The van der Waals surface area contributed by atoms with E-state index in [0.29, 0.717) is 6.42 Å². The lowest BCUT2D eigenvalue weighted by Crippen LogP contribution is -2.40. The lowest BCUT2D eigenvalue weighted by molar-refractivity contribution is -0.141. The van der Waals surface area contributed by atoms with Crippen molar-refractivity contribution in [3.63, 3.8) is 0 Å². The second kappa shape index (κ2) is 8.64. The van der Waals surface area contributed by atoms with Crippen LogP contribution in [0.5, 0.6) is 0 Å². The highest BCUT2D eigenvalue weighted by atomic mass is 35.5. The fourth-order valence-corrected chi connectivity index (χ4v) is 2.96. The van der Waals surface area contributed by atoms with Crippen molar-refractivity contribution < 1.29 is 18.0 Å². The molecule has 1 aromatic carbocycles. The molecule has 2 aromatic rings. The molecule has 0 saturated carbocycles. The molecule has 0 saturated heterocycles. The average Bonchev–Trinajstić information content (AvgIpc) is 2.59. The minimum absolute atomic E-state index is 0.0468. The number of halogens is 4. The summed E-state index contributed by atoms with van der Waals surface area (Å²) in [6, 6.07) is 8.55. The number of anilines is 2. The maximum atomic E-state index is 13.4. The maximum absolute atomic E-state index is 13.4. The number of benzene rings is 1. The molecule has 0 aliphatic rings. The van der Waals surface area contributed by atoms with Crippen LogP contribution < -0.4 is 15.5 Å². The standard InChI is InChI=1S/C18H21ClF3N5O/c1-11(9-12-7-5-4-6-8-12)10-27(16(23)28)15-13(19)14(18(20,21)22)24-17(25-15)26(2)3/h4-8,11H,9-10H2,1-3H3,(H2,23,28). The molecular weight excluding hydrogens is 395 g/mol. The number of nitrogens with zero attached hydrogens (tertiary/aromatic N) is 4. The molecule has 0 aliphatic carbocycles. The van der Waals surface area contributed by atoms with Crippen molar-refractivity contribution in [2.45, 2.75) is 19.5 Å². The zero-order chi connectivity index (χ0) is 21.1. The van der Waals surface area contributed by atoms with E-state index in [2.05, 4.69) is 9.97 Å². The number of hydrogen-bond donors (Lipinski definition) is 1. The average molecular weight is 416 g/mol. The summed E-state index contributed by atoms with van der Waals surface area (Å²) in [6.07, 6.45) is -4.21. The topological polar surface area (TPSA) is 75.3 Å². The number of carbonyl (C=O) groups is 1. The Bertz CT molecular complexity index is 830. The van der Waals surface area contributed by atoms with Gasteiger partial charge in [-0.3, -0.25) is 4.90 Å². The number of alkyl halides is 3. The first-order valence-corrected chi connectivity index (χ1v) is 8.81. The largest absolute Gasteiger partial charge is 0.435 e. The van der Waals surface area contributed by atoms with E-state index in [9.17, 15) is 18.0 Å². The van der Waals surface area contributed by atoms with Gasteiger partial charge in [0.1, 0.15) is 5.02 Å². The molecular formula is C18H21ClF3N5O. The molecule has 0 spiro atoms. The Kier molecular flexibility index (Phi) is 6.71. The van der Waals surface area contributed by atoms with Crippen molar-refractivity contribution in [1.29, 1.82) is 0 Å². The van der Waals surface area contributed by atoms with Crippen LogP contribution in [0, 0.1) is 5.92 Å². The van der Waals surface area contributed by atoms with E-state index in [4.69, 9.17) is 17.3 Å². The van der Waals surface area contributed by atoms with E-state index < -0.39 is 22.9 Å². The monoisotopic (exact) mass is 415 g/mol. The fourth-order valence-electron chi connectivity index (χ4n) is 2.66. The predicted octanol–water partition coefficient (Wildman–Crippen LogP) is 3.98. The van der Waals surface area contributed by atoms with Gasteiger partial charge in [0.05, 0.1) is 0 Å². The Morgan fingerprint density at radius 3 is 2.32 bits per heavy atom. The summed E-state index contributed by atoms with van der Waals surface area (Å²) in [7, 11) is 2.97. The molecule has 0 radical (unpaired) electrons. The third kappa shape index (κ3) is 5.25.